The molecule has 0 heterocycles. The van der Waals surface area contributed by atoms with Crippen molar-refractivity contribution in [2.24, 2.45) is 22.9 Å². The lowest BCUT2D eigenvalue weighted by Crippen LogP contribution is -2.37. The van der Waals surface area contributed by atoms with E-state index >= 15 is 0 Å². The Morgan fingerprint density at radius 2 is 1.04 bits per heavy atom. The first kappa shape index (κ1) is 28.5. The lowest BCUT2D eigenvalue weighted by atomic mass is 10.1. The summed E-state index contributed by atoms with van der Waals surface area (Å²) in [7, 11) is 0. The Hall–Kier alpha value is -2.28. The second kappa shape index (κ2) is 19.1. The van der Waals surface area contributed by atoms with E-state index in [4.69, 9.17) is 52.9 Å². The van der Waals surface area contributed by atoms with E-state index in [0.717, 1.165) is 38.6 Å². The number of hydrogen-bond donors (Lipinski definition) is 8. The van der Waals surface area contributed by atoms with E-state index in [0.29, 0.717) is 6.42 Å². The zero-order valence-electron chi connectivity index (χ0n) is 14.5. The first-order chi connectivity index (χ1) is 12.0. The van der Waals surface area contributed by atoms with Gasteiger partial charge in [-0.15, -0.1) is 0 Å². The standard InChI is InChI=1S/C9H20N2O2.C3H8N2O2.C2H2O4/c10-7-5-3-1-2-4-6-8(11)9(12)13;4-1-2(5)3(6)7;3-1(4)2(5)6/h8H,1-7,10-11H2,(H,12,13);2H,1,4-5H2,(H,6,7);(H,3,4)(H,5,6). The number of carbonyl (C=O) groups is 4. The largest absolute Gasteiger partial charge is 0.480 e. The van der Waals surface area contributed by atoms with Crippen molar-refractivity contribution in [1.82, 2.24) is 0 Å². The van der Waals surface area contributed by atoms with Crippen molar-refractivity contribution in [3.05, 3.63) is 0 Å². The van der Waals surface area contributed by atoms with Gasteiger partial charge in [0, 0.05) is 6.54 Å². The minimum absolute atomic E-state index is 0.00463. The lowest BCUT2D eigenvalue weighted by molar-refractivity contribution is -0.159. The lowest BCUT2D eigenvalue weighted by Gasteiger charge is -2.05. The van der Waals surface area contributed by atoms with Gasteiger partial charge in [-0.1, -0.05) is 25.7 Å². The Labute approximate surface area is 151 Å². The van der Waals surface area contributed by atoms with Crippen molar-refractivity contribution in [3.8, 4) is 0 Å². The smallest absolute Gasteiger partial charge is 0.414 e. The fourth-order valence-corrected chi connectivity index (χ4v) is 1.26. The van der Waals surface area contributed by atoms with Crippen LogP contribution in [-0.2, 0) is 19.2 Å². The van der Waals surface area contributed by atoms with Crippen LogP contribution < -0.4 is 22.9 Å². The molecule has 0 saturated heterocycles. The Morgan fingerprint density at radius 3 is 1.31 bits per heavy atom. The Bertz CT molecular complexity index is 408. The molecule has 0 aromatic rings. The highest BCUT2D eigenvalue weighted by Gasteiger charge is 2.09. The summed E-state index contributed by atoms with van der Waals surface area (Å²) in [6.45, 7) is 0.740. The Morgan fingerprint density at radius 1 is 0.654 bits per heavy atom. The average molecular weight is 382 g/mol. The van der Waals surface area contributed by atoms with Gasteiger partial charge >= 0.3 is 23.9 Å². The van der Waals surface area contributed by atoms with Crippen LogP contribution in [0.1, 0.15) is 38.5 Å². The van der Waals surface area contributed by atoms with Crippen molar-refractivity contribution in [1.29, 1.82) is 0 Å². The molecular weight excluding hydrogens is 352 g/mol. The van der Waals surface area contributed by atoms with Gasteiger partial charge in [-0.25, -0.2) is 9.59 Å². The van der Waals surface area contributed by atoms with Gasteiger partial charge in [-0.05, 0) is 19.4 Å². The van der Waals surface area contributed by atoms with Gasteiger partial charge in [-0.2, -0.15) is 0 Å². The van der Waals surface area contributed by atoms with Crippen LogP contribution in [0.3, 0.4) is 0 Å². The molecule has 0 saturated carbocycles. The molecule has 26 heavy (non-hydrogen) atoms. The van der Waals surface area contributed by atoms with Crippen LogP contribution in [0.2, 0.25) is 0 Å². The zero-order chi connectivity index (χ0) is 21.1. The summed E-state index contributed by atoms with van der Waals surface area (Å²) in [6, 6.07) is -1.59. The quantitative estimate of drug-likeness (QED) is 0.154. The van der Waals surface area contributed by atoms with Crippen molar-refractivity contribution in [3.63, 3.8) is 0 Å². The maximum atomic E-state index is 10.3. The third-order valence-corrected chi connectivity index (χ3v) is 2.79. The average Bonchev–Trinajstić information content (AvgIpc) is 2.57. The molecule has 154 valence electrons. The van der Waals surface area contributed by atoms with Crippen LogP contribution in [0.5, 0.6) is 0 Å². The summed E-state index contributed by atoms with van der Waals surface area (Å²) in [5, 5.41) is 31.2. The first-order valence-corrected chi connectivity index (χ1v) is 7.84. The van der Waals surface area contributed by atoms with E-state index in [1.54, 1.807) is 0 Å². The van der Waals surface area contributed by atoms with Crippen LogP contribution in [0, 0.1) is 0 Å². The summed E-state index contributed by atoms with van der Waals surface area (Å²) >= 11 is 0. The predicted molar refractivity (Wildman–Crippen MR) is 92.3 cm³/mol. The third-order valence-electron chi connectivity index (χ3n) is 2.79. The van der Waals surface area contributed by atoms with E-state index in [1.807, 2.05) is 0 Å². The number of hydrogen-bond acceptors (Lipinski definition) is 8. The Kier molecular flexibility index (Phi) is 20.9. The van der Waals surface area contributed by atoms with Crippen molar-refractivity contribution < 1.29 is 39.6 Å². The molecule has 12 heteroatoms. The van der Waals surface area contributed by atoms with Crippen molar-refractivity contribution >= 4 is 23.9 Å². The van der Waals surface area contributed by atoms with E-state index < -0.39 is 36.0 Å². The van der Waals surface area contributed by atoms with Gasteiger partial charge in [0.1, 0.15) is 12.1 Å². The minimum Gasteiger partial charge on any atom is -0.480 e. The van der Waals surface area contributed by atoms with Crippen molar-refractivity contribution in [2.45, 2.75) is 50.6 Å². The second-order valence-electron chi connectivity index (χ2n) is 5.08. The fraction of sp³-hybridized carbons (Fsp3) is 0.714. The van der Waals surface area contributed by atoms with E-state index in [1.165, 1.54) is 0 Å². The van der Waals surface area contributed by atoms with Gasteiger partial charge in [0.2, 0.25) is 0 Å². The molecule has 0 aliphatic rings. The number of unbranched alkanes of at least 4 members (excludes halogenated alkanes) is 4. The third kappa shape index (κ3) is 24.0. The Balaban J connectivity index is -0.000000342. The van der Waals surface area contributed by atoms with E-state index in [2.05, 4.69) is 0 Å². The zero-order valence-corrected chi connectivity index (χ0v) is 14.5. The molecular formula is C14H30N4O8. The molecule has 0 aromatic heterocycles. The molecule has 2 atom stereocenters. The van der Waals surface area contributed by atoms with Gasteiger partial charge in [0.15, 0.2) is 0 Å². The predicted octanol–water partition coefficient (Wildman–Crippen LogP) is -1.79. The van der Waals surface area contributed by atoms with E-state index in [-0.39, 0.29) is 6.54 Å². The van der Waals surface area contributed by atoms with Gasteiger partial charge in [0.05, 0.1) is 0 Å². The maximum Gasteiger partial charge on any atom is 0.414 e. The van der Waals surface area contributed by atoms with Crippen LogP contribution in [-0.4, -0.2) is 69.5 Å². The van der Waals surface area contributed by atoms with Crippen LogP contribution >= 0.6 is 0 Å². The molecule has 0 aliphatic carbocycles. The summed E-state index contributed by atoms with van der Waals surface area (Å²) in [5.74, 6) is -5.60. The monoisotopic (exact) mass is 382 g/mol. The molecule has 0 fully saturated rings. The topological polar surface area (TPSA) is 253 Å². The van der Waals surface area contributed by atoms with Crippen LogP contribution in [0.4, 0.5) is 0 Å². The highest BCUT2D eigenvalue weighted by Crippen LogP contribution is 2.06. The van der Waals surface area contributed by atoms with Crippen LogP contribution in [0.25, 0.3) is 0 Å². The summed E-state index contributed by atoms with van der Waals surface area (Å²) in [6.07, 6.45) is 5.87. The number of carboxylic acids is 4. The summed E-state index contributed by atoms with van der Waals surface area (Å²) in [4.78, 5) is 38.2. The van der Waals surface area contributed by atoms with E-state index in [9.17, 15) is 9.59 Å². The van der Waals surface area contributed by atoms with Gasteiger partial charge in [0.25, 0.3) is 0 Å². The number of carboxylic acid groups (broad SMARTS) is 4. The molecule has 0 aliphatic heterocycles. The highest BCUT2D eigenvalue weighted by atomic mass is 16.4. The fourth-order valence-electron chi connectivity index (χ4n) is 1.26. The van der Waals surface area contributed by atoms with Gasteiger partial charge < -0.3 is 43.4 Å². The molecule has 0 bridgehead atoms. The second-order valence-corrected chi connectivity index (χ2v) is 5.08. The molecule has 0 radical (unpaired) electrons. The number of rotatable bonds is 10. The molecule has 0 rings (SSSR count). The normalized spacial score (nSPS) is 11.7. The molecule has 12 nitrogen and oxygen atoms in total. The van der Waals surface area contributed by atoms with Crippen LogP contribution in [0.15, 0.2) is 0 Å². The molecule has 0 spiro atoms. The minimum atomic E-state index is -1.82. The number of nitrogens with two attached hydrogens (primary N) is 4. The summed E-state index contributed by atoms with van der Waals surface area (Å²) in [5.41, 5.74) is 20.4. The molecule has 2 unspecified atom stereocenters. The maximum absolute atomic E-state index is 10.3. The van der Waals surface area contributed by atoms with Gasteiger partial charge in [-0.3, -0.25) is 9.59 Å². The molecule has 0 amide bonds. The highest BCUT2D eigenvalue weighted by molar-refractivity contribution is 6.27. The summed E-state index contributed by atoms with van der Waals surface area (Å²) < 4.78 is 0. The SMILES string of the molecule is NCC(N)C(=O)O.NCCCCCCCC(N)C(=O)O.O=C(O)C(=O)O. The molecule has 0 aromatic carbocycles. The molecule has 12 N–H and O–H groups in total. The number of aliphatic carboxylic acids is 4. The first-order valence-electron chi connectivity index (χ1n) is 7.84. The van der Waals surface area contributed by atoms with Crippen molar-refractivity contribution in [2.75, 3.05) is 13.1 Å².